The minimum atomic E-state index is -5.08. The number of anilines is 2. The molecule has 0 aliphatic carbocycles. The van der Waals surface area contributed by atoms with E-state index in [9.17, 15) is 27.9 Å². The number of ether oxygens (including phenoxy) is 1. The van der Waals surface area contributed by atoms with Gasteiger partial charge in [0.1, 0.15) is 5.01 Å². The summed E-state index contributed by atoms with van der Waals surface area (Å²) in [6.45, 7) is 1.49. The highest BCUT2D eigenvalue weighted by Gasteiger charge is 2.58. The predicted octanol–water partition coefficient (Wildman–Crippen LogP) is 3.41. The number of nitrogens with zero attached hydrogens (tertiary/aromatic N) is 1. The van der Waals surface area contributed by atoms with Crippen molar-refractivity contribution in [3.05, 3.63) is 40.3 Å². The molecule has 7 nitrogen and oxygen atoms in total. The maximum absolute atomic E-state index is 13.4. The molecule has 0 fully saturated rings. The van der Waals surface area contributed by atoms with E-state index in [4.69, 9.17) is 0 Å². The van der Waals surface area contributed by atoms with Gasteiger partial charge in [-0.05, 0) is 31.2 Å². The van der Waals surface area contributed by atoms with Gasteiger partial charge in [-0.3, -0.25) is 10.1 Å². The molecule has 0 bridgehead atoms. The molecule has 2 aromatic rings. The van der Waals surface area contributed by atoms with Crippen LogP contribution in [-0.2, 0) is 15.1 Å². The number of aryl methyl sites for hydroxylation is 1. The average molecular weight is 403 g/mol. The first kappa shape index (κ1) is 20.6. The van der Waals surface area contributed by atoms with Crippen LogP contribution in [0.25, 0.3) is 0 Å². The molecule has 0 radical (unpaired) electrons. The maximum Gasteiger partial charge on any atom is 0.424 e. The summed E-state index contributed by atoms with van der Waals surface area (Å²) in [5.41, 5.74) is -2.52. The highest BCUT2D eigenvalue weighted by atomic mass is 32.1. The summed E-state index contributed by atoms with van der Waals surface area (Å²) in [7, 11) is 1.19. The largest absolute Gasteiger partial charge is 0.453 e. The lowest BCUT2D eigenvalue weighted by Gasteiger charge is -2.27. The minimum absolute atomic E-state index is 0.190. The fraction of sp³-hybridized carbons (Fsp3) is 0.312. The number of nitrogens with one attached hydrogen (secondary N) is 2. The molecule has 11 heteroatoms. The Balaban J connectivity index is 2.11. The molecule has 2 amide bonds. The summed E-state index contributed by atoms with van der Waals surface area (Å²) in [6, 6.07) is 5.60. The monoisotopic (exact) mass is 403 g/mol. The zero-order chi connectivity index (χ0) is 20.2. The van der Waals surface area contributed by atoms with Crippen LogP contribution in [0.4, 0.5) is 29.3 Å². The van der Waals surface area contributed by atoms with Crippen LogP contribution >= 0.6 is 11.3 Å². The number of methoxy groups -OCH3 is 1. The van der Waals surface area contributed by atoms with Gasteiger partial charge < -0.3 is 15.2 Å². The van der Waals surface area contributed by atoms with E-state index in [1.165, 1.54) is 43.7 Å². The fourth-order valence-electron chi connectivity index (χ4n) is 2.08. The van der Waals surface area contributed by atoms with Crippen LogP contribution < -0.4 is 10.6 Å². The van der Waals surface area contributed by atoms with Gasteiger partial charge in [-0.15, -0.1) is 11.3 Å². The molecule has 1 heterocycles. The number of amides is 2. The Hall–Kier alpha value is -2.66. The third-order valence-electron chi connectivity index (χ3n) is 3.46. The second-order valence-electron chi connectivity index (χ2n) is 5.57. The number of alkyl halides is 3. The molecule has 27 heavy (non-hydrogen) atoms. The second-order valence-corrected chi connectivity index (χ2v) is 6.43. The molecule has 0 saturated carbocycles. The molecule has 0 saturated heterocycles. The summed E-state index contributed by atoms with van der Waals surface area (Å²) in [5.74, 6) is -1.05. The summed E-state index contributed by atoms with van der Waals surface area (Å²) < 4.78 is 44.6. The second kappa shape index (κ2) is 7.92. The van der Waals surface area contributed by atoms with Crippen LogP contribution in [0.2, 0.25) is 0 Å². The third-order valence-corrected chi connectivity index (χ3v) is 4.57. The highest BCUT2D eigenvalue weighted by molar-refractivity contribution is 7.09. The van der Waals surface area contributed by atoms with Crippen molar-refractivity contribution in [2.45, 2.75) is 25.1 Å². The molecule has 1 atom stereocenters. The number of hydrogen-bond donors (Lipinski definition) is 3. The van der Waals surface area contributed by atoms with Crippen LogP contribution in [0.3, 0.4) is 0 Å². The molecule has 2 rings (SSSR count). The van der Waals surface area contributed by atoms with Crippen molar-refractivity contribution in [2.75, 3.05) is 17.7 Å². The molecular weight excluding hydrogens is 387 g/mol. The zero-order valence-corrected chi connectivity index (χ0v) is 15.1. The Morgan fingerprint density at radius 2 is 1.74 bits per heavy atom. The minimum Gasteiger partial charge on any atom is -0.453 e. The Bertz CT molecular complexity index is 823. The number of carbonyl (C=O) groups is 2. The molecule has 1 aromatic heterocycles. The zero-order valence-electron chi connectivity index (χ0n) is 14.3. The number of benzene rings is 1. The van der Waals surface area contributed by atoms with Gasteiger partial charge in [0.25, 0.3) is 0 Å². The normalized spacial score (nSPS) is 13.6. The number of aromatic nitrogens is 1. The van der Waals surface area contributed by atoms with Crippen LogP contribution in [0.15, 0.2) is 29.6 Å². The van der Waals surface area contributed by atoms with E-state index >= 15 is 0 Å². The number of carbonyl (C=O) groups excluding carboxylic acids is 2. The number of thiazole rings is 1. The number of hydrogen-bond acceptors (Lipinski definition) is 6. The molecule has 0 spiro atoms. The van der Waals surface area contributed by atoms with Crippen molar-refractivity contribution in [1.29, 1.82) is 0 Å². The van der Waals surface area contributed by atoms with E-state index in [2.05, 4.69) is 20.4 Å². The van der Waals surface area contributed by atoms with E-state index in [1.807, 2.05) is 0 Å². The Labute approximate surface area is 156 Å². The van der Waals surface area contributed by atoms with Crippen LogP contribution in [0, 0.1) is 6.92 Å². The van der Waals surface area contributed by atoms with Crippen LogP contribution in [-0.4, -0.2) is 35.4 Å². The molecule has 1 unspecified atom stereocenters. The topological polar surface area (TPSA) is 101 Å². The van der Waals surface area contributed by atoms with Gasteiger partial charge in [-0.1, -0.05) is 0 Å². The lowest BCUT2D eigenvalue weighted by atomic mass is 9.99. The average Bonchev–Trinajstić information content (AvgIpc) is 3.02. The van der Waals surface area contributed by atoms with E-state index in [0.717, 1.165) is 0 Å². The van der Waals surface area contributed by atoms with Crippen molar-refractivity contribution in [1.82, 2.24) is 4.98 Å². The summed E-state index contributed by atoms with van der Waals surface area (Å²) >= 11 is 0.628. The first-order valence-electron chi connectivity index (χ1n) is 7.52. The fourth-order valence-corrected chi connectivity index (χ4v) is 3.00. The van der Waals surface area contributed by atoms with Crippen molar-refractivity contribution < 1.29 is 32.6 Å². The summed E-state index contributed by atoms with van der Waals surface area (Å²) in [5, 5.41) is 15.6. The van der Waals surface area contributed by atoms with Gasteiger partial charge in [-0.2, -0.15) is 13.2 Å². The Kier molecular flexibility index (Phi) is 6.06. The lowest BCUT2D eigenvalue weighted by molar-refractivity contribution is -0.266. The third kappa shape index (κ3) is 4.95. The number of rotatable bonds is 5. The van der Waals surface area contributed by atoms with E-state index < -0.39 is 35.2 Å². The number of halogens is 3. The van der Waals surface area contributed by atoms with Crippen molar-refractivity contribution in [3.8, 4) is 0 Å². The predicted molar refractivity (Wildman–Crippen MR) is 92.5 cm³/mol. The Morgan fingerprint density at radius 3 is 2.19 bits per heavy atom. The molecule has 146 valence electrons. The van der Waals surface area contributed by atoms with Crippen molar-refractivity contribution in [2.24, 2.45) is 0 Å². The smallest absolute Gasteiger partial charge is 0.424 e. The molecule has 0 aliphatic heterocycles. The molecule has 3 N–H and O–H groups in total. The molecular formula is C16H16F3N3O4S. The van der Waals surface area contributed by atoms with Gasteiger partial charge >= 0.3 is 12.3 Å². The van der Waals surface area contributed by atoms with Gasteiger partial charge in [-0.25, -0.2) is 9.78 Å². The van der Waals surface area contributed by atoms with E-state index in [1.54, 1.807) is 0 Å². The Morgan fingerprint density at radius 1 is 1.19 bits per heavy atom. The first-order chi connectivity index (χ1) is 12.5. The highest BCUT2D eigenvalue weighted by Crippen LogP contribution is 2.43. The summed E-state index contributed by atoms with van der Waals surface area (Å²) in [6.07, 6.45) is -7.02. The maximum atomic E-state index is 13.4. The van der Waals surface area contributed by atoms with Crippen molar-refractivity contribution in [3.63, 3.8) is 0 Å². The SMILES string of the molecule is COC(=O)Nc1ccc(NC(=O)CC(O)(c2nc(C)cs2)C(F)(F)F)cc1. The first-order valence-corrected chi connectivity index (χ1v) is 8.40. The van der Waals surface area contributed by atoms with Crippen molar-refractivity contribution >= 4 is 34.7 Å². The van der Waals surface area contributed by atoms with Gasteiger partial charge in [0.05, 0.1) is 13.5 Å². The van der Waals surface area contributed by atoms with Crippen LogP contribution in [0.5, 0.6) is 0 Å². The molecule has 0 aliphatic rings. The summed E-state index contributed by atoms with van der Waals surface area (Å²) in [4.78, 5) is 26.8. The van der Waals surface area contributed by atoms with Crippen LogP contribution in [0.1, 0.15) is 17.1 Å². The lowest BCUT2D eigenvalue weighted by Crippen LogP contribution is -2.45. The van der Waals surface area contributed by atoms with Gasteiger partial charge in [0.15, 0.2) is 0 Å². The standard InChI is InChI=1S/C16H16F3N3O4S/c1-9-8-27-13(20-9)15(25,16(17,18)19)7-12(23)21-10-3-5-11(6-4-10)22-14(24)26-2/h3-6,8,25H,7H2,1-2H3,(H,21,23)(H,22,24). The van der Waals surface area contributed by atoms with Gasteiger partial charge in [0.2, 0.25) is 11.5 Å². The quantitative estimate of drug-likeness (QED) is 0.710. The van der Waals surface area contributed by atoms with E-state index in [-0.39, 0.29) is 5.69 Å². The molecule has 1 aromatic carbocycles. The van der Waals surface area contributed by atoms with Gasteiger partial charge in [0, 0.05) is 22.4 Å². The number of aliphatic hydroxyl groups is 1. The van der Waals surface area contributed by atoms with E-state index in [0.29, 0.717) is 22.7 Å².